The summed E-state index contributed by atoms with van der Waals surface area (Å²) in [5.74, 6) is 0.869. The molecular weight excluding hydrogens is 288 g/mol. The molecule has 1 aliphatic rings. The summed E-state index contributed by atoms with van der Waals surface area (Å²) in [5, 5.41) is 3.63. The fourth-order valence-corrected chi connectivity index (χ4v) is 3.13. The molecule has 0 radical (unpaired) electrons. The van der Waals surface area contributed by atoms with Gasteiger partial charge >= 0.3 is 0 Å². The van der Waals surface area contributed by atoms with E-state index in [1.807, 2.05) is 0 Å². The van der Waals surface area contributed by atoms with Gasteiger partial charge in [-0.15, -0.1) is 0 Å². The molecule has 0 amide bonds. The lowest BCUT2D eigenvalue weighted by molar-refractivity contribution is 0.230. The molecule has 0 aromatic heterocycles. The van der Waals surface area contributed by atoms with Crippen molar-refractivity contribution in [2.45, 2.75) is 32.4 Å². The highest BCUT2D eigenvalue weighted by atomic mass is 79.9. The van der Waals surface area contributed by atoms with Gasteiger partial charge in [-0.2, -0.15) is 0 Å². The van der Waals surface area contributed by atoms with Crippen LogP contribution in [0.5, 0.6) is 0 Å². The number of nitrogens with zero attached hydrogens (tertiary/aromatic N) is 1. The molecule has 2 atom stereocenters. The fraction of sp³-hybridized carbons (Fsp3) is 0.600. The molecular formula is C15H23BrN2. The topological polar surface area (TPSA) is 15.3 Å². The van der Waals surface area contributed by atoms with Crippen LogP contribution < -0.4 is 5.32 Å². The van der Waals surface area contributed by atoms with Gasteiger partial charge in [0, 0.05) is 23.6 Å². The van der Waals surface area contributed by atoms with Gasteiger partial charge in [0.2, 0.25) is 0 Å². The maximum Gasteiger partial charge on any atom is 0.0242 e. The van der Waals surface area contributed by atoms with Gasteiger partial charge in [0.25, 0.3) is 0 Å². The standard InChI is InChI=1S/C15H23BrN2/c1-12-7-8-17-14(9-12)11-18(2)10-13-5-3-4-6-15(13)16/h3-6,12,14,17H,7-11H2,1-2H3. The summed E-state index contributed by atoms with van der Waals surface area (Å²) in [6.45, 7) is 5.68. The monoisotopic (exact) mass is 310 g/mol. The zero-order valence-electron chi connectivity index (χ0n) is 11.3. The number of rotatable bonds is 4. The van der Waals surface area contributed by atoms with Crippen molar-refractivity contribution in [2.24, 2.45) is 5.92 Å². The lowest BCUT2D eigenvalue weighted by Gasteiger charge is -2.31. The Morgan fingerprint density at radius 3 is 2.89 bits per heavy atom. The van der Waals surface area contributed by atoms with E-state index in [1.165, 1.54) is 29.4 Å². The van der Waals surface area contributed by atoms with E-state index in [2.05, 4.69) is 64.4 Å². The second-order valence-electron chi connectivity index (χ2n) is 5.57. The summed E-state index contributed by atoms with van der Waals surface area (Å²) in [6, 6.07) is 9.13. The molecule has 1 heterocycles. The molecule has 2 rings (SSSR count). The second kappa shape index (κ2) is 6.69. The van der Waals surface area contributed by atoms with Crippen LogP contribution in [-0.4, -0.2) is 31.1 Å². The quantitative estimate of drug-likeness (QED) is 0.918. The highest BCUT2D eigenvalue weighted by molar-refractivity contribution is 9.10. The predicted molar refractivity (Wildman–Crippen MR) is 80.7 cm³/mol. The van der Waals surface area contributed by atoms with Gasteiger partial charge in [-0.25, -0.2) is 0 Å². The summed E-state index contributed by atoms with van der Waals surface area (Å²) in [4.78, 5) is 2.41. The third kappa shape index (κ3) is 4.08. The first kappa shape index (κ1) is 14.0. The van der Waals surface area contributed by atoms with E-state index >= 15 is 0 Å². The number of benzene rings is 1. The fourth-order valence-electron chi connectivity index (χ4n) is 2.72. The van der Waals surface area contributed by atoms with Crippen molar-refractivity contribution in [3.8, 4) is 0 Å². The van der Waals surface area contributed by atoms with Crippen molar-refractivity contribution in [3.63, 3.8) is 0 Å². The SMILES string of the molecule is CC1CCNC(CN(C)Cc2ccccc2Br)C1. The van der Waals surface area contributed by atoms with Crippen molar-refractivity contribution >= 4 is 15.9 Å². The average Bonchev–Trinajstić information content (AvgIpc) is 2.32. The zero-order chi connectivity index (χ0) is 13.0. The molecule has 1 aromatic carbocycles. The zero-order valence-corrected chi connectivity index (χ0v) is 12.9. The van der Waals surface area contributed by atoms with E-state index in [0.29, 0.717) is 6.04 Å². The molecule has 1 aliphatic heterocycles. The van der Waals surface area contributed by atoms with Gasteiger partial charge in [-0.1, -0.05) is 41.1 Å². The minimum atomic E-state index is 0.654. The van der Waals surface area contributed by atoms with Crippen LogP contribution in [0.2, 0.25) is 0 Å². The van der Waals surface area contributed by atoms with Crippen LogP contribution in [0, 0.1) is 5.92 Å². The van der Waals surface area contributed by atoms with Crippen LogP contribution in [0.1, 0.15) is 25.3 Å². The molecule has 1 fully saturated rings. The third-order valence-electron chi connectivity index (χ3n) is 3.69. The van der Waals surface area contributed by atoms with E-state index in [4.69, 9.17) is 0 Å². The van der Waals surface area contributed by atoms with Crippen LogP contribution in [0.3, 0.4) is 0 Å². The van der Waals surface area contributed by atoms with Crippen molar-refractivity contribution < 1.29 is 0 Å². The van der Waals surface area contributed by atoms with Crippen LogP contribution in [0.15, 0.2) is 28.7 Å². The number of hydrogen-bond donors (Lipinski definition) is 1. The van der Waals surface area contributed by atoms with Gasteiger partial charge in [-0.3, -0.25) is 0 Å². The van der Waals surface area contributed by atoms with E-state index in [9.17, 15) is 0 Å². The van der Waals surface area contributed by atoms with E-state index in [-0.39, 0.29) is 0 Å². The third-order valence-corrected chi connectivity index (χ3v) is 4.46. The highest BCUT2D eigenvalue weighted by Gasteiger charge is 2.19. The lowest BCUT2D eigenvalue weighted by atomic mass is 9.94. The molecule has 0 spiro atoms. The average molecular weight is 311 g/mol. The molecule has 1 aromatic rings. The molecule has 0 saturated carbocycles. The molecule has 2 unspecified atom stereocenters. The van der Waals surface area contributed by atoms with Crippen LogP contribution in [-0.2, 0) is 6.54 Å². The van der Waals surface area contributed by atoms with E-state index < -0.39 is 0 Å². The predicted octanol–water partition coefficient (Wildman–Crippen LogP) is 3.27. The molecule has 1 saturated heterocycles. The Hall–Kier alpha value is -0.380. The molecule has 1 N–H and O–H groups in total. The Morgan fingerprint density at radius 2 is 2.17 bits per heavy atom. The second-order valence-corrected chi connectivity index (χ2v) is 6.42. The van der Waals surface area contributed by atoms with Gasteiger partial charge < -0.3 is 10.2 Å². The number of piperidine rings is 1. The van der Waals surface area contributed by atoms with Crippen LogP contribution in [0.25, 0.3) is 0 Å². The molecule has 2 nitrogen and oxygen atoms in total. The van der Waals surface area contributed by atoms with Crippen molar-refractivity contribution in [1.82, 2.24) is 10.2 Å². The maximum atomic E-state index is 3.63. The lowest BCUT2D eigenvalue weighted by Crippen LogP contribution is -2.44. The molecule has 100 valence electrons. The number of nitrogens with one attached hydrogen (secondary N) is 1. The number of halogens is 1. The first-order chi connectivity index (χ1) is 8.65. The van der Waals surface area contributed by atoms with Crippen molar-refractivity contribution in [1.29, 1.82) is 0 Å². The van der Waals surface area contributed by atoms with Gasteiger partial charge in [-0.05, 0) is 44.0 Å². The summed E-state index contributed by atoms with van der Waals surface area (Å²) >= 11 is 3.62. The minimum absolute atomic E-state index is 0.654. The minimum Gasteiger partial charge on any atom is -0.313 e. The van der Waals surface area contributed by atoms with E-state index in [1.54, 1.807) is 0 Å². The van der Waals surface area contributed by atoms with Gasteiger partial charge in [0.1, 0.15) is 0 Å². The Balaban J connectivity index is 1.85. The molecule has 3 heteroatoms. The van der Waals surface area contributed by atoms with E-state index in [0.717, 1.165) is 19.0 Å². The summed E-state index contributed by atoms with van der Waals surface area (Å²) in [7, 11) is 2.21. The number of likely N-dealkylation sites (N-methyl/N-ethyl adjacent to an activating group) is 1. The highest BCUT2D eigenvalue weighted by Crippen LogP contribution is 2.19. The number of hydrogen-bond acceptors (Lipinski definition) is 2. The molecule has 0 aliphatic carbocycles. The first-order valence-electron chi connectivity index (χ1n) is 6.80. The Kier molecular flexibility index (Phi) is 5.22. The van der Waals surface area contributed by atoms with Gasteiger partial charge in [0.15, 0.2) is 0 Å². The summed E-state index contributed by atoms with van der Waals surface area (Å²) < 4.78 is 1.21. The van der Waals surface area contributed by atoms with Crippen molar-refractivity contribution in [2.75, 3.05) is 20.1 Å². The van der Waals surface area contributed by atoms with Crippen LogP contribution >= 0.6 is 15.9 Å². The Labute approximate surface area is 119 Å². The Bertz CT molecular complexity index is 381. The molecule has 18 heavy (non-hydrogen) atoms. The van der Waals surface area contributed by atoms with Crippen molar-refractivity contribution in [3.05, 3.63) is 34.3 Å². The smallest absolute Gasteiger partial charge is 0.0242 e. The van der Waals surface area contributed by atoms with Gasteiger partial charge in [0.05, 0.1) is 0 Å². The maximum absolute atomic E-state index is 3.63. The first-order valence-corrected chi connectivity index (χ1v) is 7.60. The summed E-state index contributed by atoms with van der Waals surface area (Å²) in [6.07, 6.45) is 2.63. The molecule has 0 bridgehead atoms. The summed E-state index contributed by atoms with van der Waals surface area (Å²) in [5.41, 5.74) is 1.36. The van der Waals surface area contributed by atoms with Crippen LogP contribution in [0.4, 0.5) is 0 Å². The Morgan fingerprint density at radius 1 is 1.39 bits per heavy atom. The normalized spacial score (nSPS) is 24.4. The largest absolute Gasteiger partial charge is 0.313 e.